The van der Waals surface area contributed by atoms with E-state index in [0.717, 1.165) is 27.8 Å². The van der Waals surface area contributed by atoms with Gasteiger partial charge in [-0.15, -0.1) is 0 Å². The number of halogens is 1. The Kier molecular flexibility index (Phi) is 5.62. The number of rotatable bonds is 6. The number of methoxy groups -OCH3 is 1. The molecule has 0 saturated heterocycles. The molecule has 0 fully saturated rings. The lowest BCUT2D eigenvalue weighted by molar-refractivity contribution is -0.137. The fourth-order valence-electron chi connectivity index (χ4n) is 1.82. The lowest BCUT2D eigenvalue weighted by Crippen LogP contribution is -2.13. The normalized spacial score (nSPS) is 12.2. The fraction of sp³-hybridized carbons (Fsp3) is 0.462. The highest BCUT2D eigenvalue weighted by Crippen LogP contribution is 2.32. The molecule has 1 aromatic carbocycles. The van der Waals surface area contributed by atoms with Crippen LogP contribution in [-0.4, -0.2) is 18.2 Å². The summed E-state index contributed by atoms with van der Waals surface area (Å²) in [6, 6.07) is 3.53. The van der Waals surface area contributed by atoms with Crippen LogP contribution in [-0.2, 0) is 11.2 Å². The molecule has 0 aromatic heterocycles. The summed E-state index contributed by atoms with van der Waals surface area (Å²) in [5.74, 6) is -0.0469. The van der Waals surface area contributed by atoms with Crippen LogP contribution >= 0.6 is 15.9 Å². The van der Waals surface area contributed by atoms with Crippen LogP contribution < -0.4 is 10.5 Å². The average molecular weight is 316 g/mol. The Labute approximate surface area is 115 Å². The number of nitrogens with two attached hydrogens (primary N) is 1. The molecule has 0 heterocycles. The van der Waals surface area contributed by atoms with E-state index in [1.807, 2.05) is 19.1 Å². The third-order valence-electron chi connectivity index (χ3n) is 2.85. The highest BCUT2D eigenvalue weighted by atomic mass is 79.9. The Morgan fingerprint density at radius 3 is 2.72 bits per heavy atom. The van der Waals surface area contributed by atoms with Crippen molar-refractivity contribution in [1.82, 2.24) is 0 Å². The summed E-state index contributed by atoms with van der Waals surface area (Å²) < 4.78 is 6.28. The Morgan fingerprint density at radius 1 is 1.56 bits per heavy atom. The first-order chi connectivity index (χ1) is 8.49. The minimum Gasteiger partial charge on any atom is -0.496 e. The van der Waals surface area contributed by atoms with Gasteiger partial charge in [0.15, 0.2) is 0 Å². The van der Waals surface area contributed by atoms with Gasteiger partial charge in [-0.2, -0.15) is 0 Å². The van der Waals surface area contributed by atoms with Crippen LogP contribution in [0.5, 0.6) is 5.75 Å². The molecule has 0 amide bonds. The molecular formula is C13H18BrNO3. The lowest BCUT2D eigenvalue weighted by Gasteiger charge is -2.16. The second-order valence-corrected chi connectivity index (χ2v) is 4.93. The molecule has 0 saturated carbocycles. The van der Waals surface area contributed by atoms with Crippen molar-refractivity contribution in [1.29, 1.82) is 0 Å². The molecule has 4 nitrogen and oxygen atoms in total. The van der Waals surface area contributed by atoms with Crippen LogP contribution in [0.3, 0.4) is 0 Å². The van der Waals surface area contributed by atoms with Gasteiger partial charge in [-0.25, -0.2) is 0 Å². The maximum absolute atomic E-state index is 10.5. The summed E-state index contributed by atoms with van der Waals surface area (Å²) in [5, 5.41) is 8.66. The monoisotopic (exact) mass is 315 g/mol. The van der Waals surface area contributed by atoms with Gasteiger partial charge in [0.25, 0.3) is 0 Å². The zero-order valence-electron chi connectivity index (χ0n) is 10.6. The number of aliphatic carboxylic acids is 1. The highest BCUT2D eigenvalue weighted by Gasteiger charge is 2.14. The number of carbonyl (C=O) groups is 1. The zero-order valence-corrected chi connectivity index (χ0v) is 12.2. The molecule has 0 aliphatic rings. The Bertz CT molecular complexity index is 434. The Balaban J connectivity index is 2.96. The first kappa shape index (κ1) is 15.0. The van der Waals surface area contributed by atoms with Gasteiger partial charge in [-0.05, 0) is 30.5 Å². The highest BCUT2D eigenvalue weighted by molar-refractivity contribution is 9.10. The zero-order chi connectivity index (χ0) is 13.7. The van der Waals surface area contributed by atoms with E-state index in [4.69, 9.17) is 15.6 Å². The van der Waals surface area contributed by atoms with Crippen molar-refractivity contribution in [2.24, 2.45) is 5.73 Å². The molecule has 0 spiro atoms. The first-order valence-corrected chi connectivity index (χ1v) is 6.62. The number of carboxylic acids is 1. The quantitative estimate of drug-likeness (QED) is 0.846. The van der Waals surface area contributed by atoms with Crippen LogP contribution in [0.2, 0.25) is 0 Å². The predicted molar refractivity (Wildman–Crippen MR) is 73.9 cm³/mol. The van der Waals surface area contributed by atoms with Gasteiger partial charge >= 0.3 is 5.97 Å². The van der Waals surface area contributed by atoms with E-state index in [1.54, 1.807) is 7.11 Å². The van der Waals surface area contributed by atoms with Crippen LogP contribution in [0.15, 0.2) is 16.6 Å². The summed E-state index contributed by atoms with van der Waals surface area (Å²) in [5.41, 5.74) is 7.96. The van der Waals surface area contributed by atoms with E-state index in [2.05, 4.69) is 15.9 Å². The summed E-state index contributed by atoms with van der Waals surface area (Å²) in [6.07, 6.45) is 1.33. The molecule has 0 bridgehead atoms. The second-order valence-electron chi connectivity index (χ2n) is 4.08. The van der Waals surface area contributed by atoms with E-state index in [9.17, 15) is 4.79 Å². The van der Waals surface area contributed by atoms with Crippen molar-refractivity contribution in [2.45, 2.75) is 32.2 Å². The standard InChI is InChI=1S/C13H18BrNO3/c1-3-9-10(14)6-8(7-12(9)18-2)11(15)4-5-13(16)17/h6-7,11H,3-5,15H2,1-2H3,(H,16,17). The lowest BCUT2D eigenvalue weighted by atomic mass is 10.00. The van der Waals surface area contributed by atoms with E-state index < -0.39 is 5.97 Å². The van der Waals surface area contributed by atoms with Gasteiger partial charge in [0, 0.05) is 22.5 Å². The van der Waals surface area contributed by atoms with E-state index >= 15 is 0 Å². The van der Waals surface area contributed by atoms with E-state index in [0.29, 0.717) is 6.42 Å². The minimum absolute atomic E-state index is 0.0661. The van der Waals surface area contributed by atoms with Crippen molar-refractivity contribution < 1.29 is 14.6 Å². The van der Waals surface area contributed by atoms with Crippen LogP contribution in [0, 0.1) is 0 Å². The number of hydrogen-bond acceptors (Lipinski definition) is 3. The third kappa shape index (κ3) is 3.71. The number of carboxylic acid groups (broad SMARTS) is 1. The second kappa shape index (κ2) is 6.75. The molecule has 18 heavy (non-hydrogen) atoms. The van der Waals surface area contributed by atoms with Crippen molar-refractivity contribution in [3.63, 3.8) is 0 Å². The molecule has 1 rings (SSSR count). The molecule has 0 radical (unpaired) electrons. The Hall–Kier alpha value is -1.07. The number of ether oxygens (including phenoxy) is 1. The van der Waals surface area contributed by atoms with Crippen molar-refractivity contribution >= 4 is 21.9 Å². The van der Waals surface area contributed by atoms with Crippen molar-refractivity contribution in [2.75, 3.05) is 7.11 Å². The van der Waals surface area contributed by atoms with Gasteiger partial charge in [0.1, 0.15) is 5.75 Å². The number of hydrogen-bond donors (Lipinski definition) is 2. The average Bonchev–Trinajstić information content (AvgIpc) is 2.34. The molecule has 100 valence electrons. The molecule has 1 unspecified atom stereocenters. The molecular weight excluding hydrogens is 298 g/mol. The van der Waals surface area contributed by atoms with E-state index in [-0.39, 0.29) is 12.5 Å². The van der Waals surface area contributed by atoms with Crippen molar-refractivity contribution in [3.05, 3.63) is 27.7 Å². The number of benzene rings is 1. The summed E-state index contributed by atoms with van der Waals surface area (Å²) in [6.45, 7) is 2.05. The maximum Gasteiger partial charge on any atom is 0.303 e. The SMILES string of the molecule is CCc1c(Br)cc(C(N)CCC(=O)O)cc1OC. The van der Waals surface area contributed by atoms with Crippen molar-refractivity contribution in [3.8, 4) is 5.75 Å². The molecule has 1 atom stereocenters. The molecule has 5 heteroatoms. The predicted octanol–water partition coefficient (Wildman–Crippen LogP) is 2.88. The molecule has 1 aromatic rings. The molecule has 0 aliphatic heterocycles. The Morgan fingerprint density at radius 2 is 2.22 bits per heavy atom. The van der Waals surface area contributed by atoms with E-state index in [1.165, 1.54) is 0 Å². The van der Waals surface area contributed by atoms with Gasteiger partial charge in [-0.3, -0.25) is 4.79 Å². The largest absolute Gasteiger partial charge is 0.496 e. The van der Waals surface area contributed by atoms with Crippen LogP contribution in [0.4, 0.5) is 0 Å². The molecule has 0 aliphatic carbocycles. The fourth-order valence-corrected chi connectivity index (χ4v) is 2.56. The van der Waals surface area contributed by atoms with Gasteiger partial charge in [-0.1, -0.05) is 22.9 Å². The summed E-state index contributed by atoms with van der Waals surface area (Å²) in [4.78, 5) is 10.5. The summed E-state index contributed by atoms with van der Waals surface area (Å²) >= 11 is 3.50. The van der Waals surface area contributed by atoms with Gasteiger partial charge in [0.05, 0.1) is 7.11 Å². The smallest absolute Gasteiger partial charge is 0.303 e. The van der Waals surface area contributed by atoms with Crippen LogP contribution in [0.1, 0.15) is 36.9 Å². The van der Waals surface area contributed by atoms with Crippen LogP contribution in [0.25, 0.3) is 0 Å². The maximum atomic E-state index is 10.5. The van der Waals surface area contributed by atoms with Gasteiger partial charge < -0.3 is 15.6 Å². The summed E-state index contributed by atoms with van der Waals surface area (Å²) in [7, 11) is 1.62. The molecule has 3 N–H and O–H groups in total. The first-order valence-electron chi connectivity index (χ1n) is 5.83. The minimum atomic E-state index is -0.832. The topological polar surface area (TPSA) is 72.6 Å². The third-order valence-corrected chi connectivity index (χ3v) is 3.56. The van der Waals surface area contributed by atoms with Gasteiger partial charge in [0.2, 0.25) is 0 Å².